The highest BCUT2D eigenvalue weighted by atomic mass is 16.4. The summed E-state index contributed by atoms with van der Waals surface area (Å²) in [5, 5.41) is 11.9. The molecule has 0 unspecified atom stereocenters. The zero-order valence-corrected chi connectivity index (χ0v) is 10.8. The van der Waals surface area contributed by atoms with Crippen molar-refractivity contribution in [2.24, 2.45) is 10.9 Å². The summed E-state index contributed by atoms with van der Waals surface area (Å²) in [6, 6.07) is 2.16. The van der Waals surface area contributed by atoms with Gasteiger partial charge in [0.2, 0.25) is 0 Å². The van der Waals surface area contributed by atoms with Crippen LogP contribution >= 0.6 is 0 Å². The molecule has 1 aromatic rings. The van der Waals surface area contributed by atoms with Gasteiger partial charge in [-0.05, 0) is 39.3 Å². The summed E-state index contributed by atoms with van der Waals surface area (Å²) in [4.78, 5) is 6.47. The summed E-state index contributed by atoms with van der Waals surface area (Å²) in [5.41, 5.74) is 7.37. The van der Waals surface area contributed by atoms with Gasteiger partial charge in [-0.3, -0.25) is 0 Å². The highest BCUT2D eigenvalue weighted by Crippen LogP contribution is 2.22. The van der Waals surface area contributed by atoms with Gasteiger partial charge in [-0.1, -0.05) is 5.16 Å². The maximum Gasteiger partial charge on any atom is 0.174 e. The van der Waals surface area contributed by atoms with Crippen LogP contribution in [0.15, 0.2) is 17.4 Å². The lowest BCUT2D eigenvalue weighted by Gasteiger charge is -2.28. The molecule has 0 amide bonds. The first-order valence-corrected chi connectivity index (χ1v) is 5.73. The van der Waals surface area contributed by atoms with Gasteiger partial charge in [-0.2, -0.15) is 0 Å². The summed E-state index contributed by atoms with van der Waals surface area (Å²) < 4.78 is 0. The van der Waals surface area contributed by atoms with E-state index >= 15 is 0 Å². The van der Waals surface area contributed by atoms with Gasteiger partial charge in [0, 0.05) is 18.8 Å². The molecule has 5 heteroatoms. The van der Waals surface area contributed by atoms with E-state index < -0.39 is 0 Å². The van der Waals surface area contributed by atoms with Crippen molar-refractivity contribution in [3.8, 4) is 0 Å². The normalized spacial score (nSPS) is 11.9. The molecule has 0 radical (unpaired) electrons. The van der Waals surface area contributed by atoms with Crippen molar-refractivity contribution >= 4 is 11.7 Å². The second-order valence-corrected chi connectivity index (χ2v) is 4.19. The Hall–Kier alpha value is -1.78. The molecule has 1 rings (SSSR count). The molecule has 0 saturated carbocycles. The van der Waals surface area contributed by atoms with E-state index in [4.69, 9.17) is 10.9 Å². The second-order valence-electron chi connectivity index (χ2n) is 4.19. The smallest absolute Gasteiger partial charge is 0.174 e. The number of hydrogen-bond donors (Lipinski definition) is 2. The van der Waals surface area contributed by atoms with Crippen LogP contribution in [0.1, 0.15) is 31.9 Å². The van der Waals surface area contributed by atoms with Crippen molar-refractivity contribution in [1.29, 1.82) is 0 Å². The van der Waals surface area contributed by atoms with E-state index in [9.17, 15) is 0 Å². The Labute approximate surface area is 102 Å². The molecule has 94 valence electrons. The van der Waals surface area contributed by atoms with Crippen LogP contribution in [0.2, 0.25) is 0 Å². The number of oxime groups is 1. The van der Waals surface area contributed by atoms with E-state index in [1.54, 1.807) is 6.20 Å². The van der Waals surface area contributed by atoms with E-state index in [0.717, 1.165) is 17.9 Å². The van der Waals surface area contributed by atoms with Gasteiger partial charge in [0.25, 0.3) is 0 Å². The Morgan fingerprint density at radius 2 is 2.24 bits per heavy atom. The fourth-order valence-corrected chi connectivity index (χ4v) is 1.89. The van der Waals surface area contributed by atoms with Crippen LogP contribution in [0.25, 0.3) is 0 Å². The maximum atomic E-state index is 8.85. The molecule has 0 aromatic carbocycles. The predicted molar refractivity (Wildman–Crippen MR) is 69.6 cm³/mol. The average molecular weight is 236 g/mol. The number of pyridine rings is 1. The molecule has 3 N–H and O–H groups in total. The van der Waals surface area contributed by atoms with Gasteiger partial charge < -0.3 is 15.8 Å². The van der Waals surface area contributed by atoms with Gasteiger partial charge in [0.15, 0.2) is 5.84 Å². The Kier molecular flexibility index (Phi) is 4.31. The lowest BCUT2D eigenvalue weighted by molar-refractivity contribution is 0.318. The minimum Gasteiger partial charge on any atom is -0.409 e. The summed E-state index contributed by atoms with van der Waals surface area (Å²) in [6.07, 6.45) is 1.74. The number of rotatable bonds is 4. The van der Waals surface area contributed by atoms with E-state index in [0.29, 0.717) is 11.6 Å². The topological polar surface area (TPSA) is 74.7 Å². The largest absolute Gasteiger partial charge is 0.409 e. The van der Waals surface area contributed by atoms with Crippen LogP contribution in [-0.4, -0.2) is 28.6 Å². The molecule has 0 spiro atoms. The van der Waals surface area contributed by atoms with E-state index in [2.05, 4.69) is 35.8 Å². The molecule has 17 heavy (non-hydrogen) atoms. The molecule has 0 aliphatic rings. The fraction of sp³-hybridized carbons (Fsp3) is 0.500. The zero-order chi connectivity index (χ0) is 13.0. The van der Waals surface area contributed by atoms with E-state index in [-0.39, 0.29) is 5.84 Å². The summed E-state index contributed by atoms with van der Waals surface area (Å²) >= 11 is 0. The lowest BCUT2D eigenvalue weighted by atomic mass is 10.1. The standard InChI is InChI=1S/C12H20N4O/c1-5-16(8(2)3)12-10(11(13)15-17)9(4)6-7-14-12/h6-8,17H,5H2,1-4H3,(H2,13,15). The first-order chi connectivity index (χ1) is 8.02. The Morgan fingerprint density at radius 3 is 2.71 bits per heavy atom. The van der Waals surface area contributed by atoms with Gasteiger partial charge in [-0.25, -0.2) is 4.98 Å². The third-order valence-electron chi connectivity index (χ3n) is 2.74. The van der Waals surface area contributed by atoms with E-state index in [1.807, 2.05) is 13.0 Å². The number of aryl methyl sites for hydroxylation is 1. The van der Waals surface area contributed by atoms with Crippen molar-refractivity contribution in [2.75, 3.05) is 11.4 Å². The molecule has 0 fully saturated rings. The fourth-order valence-electron chi connectivity index (χ4n) is 1.89. The molecule has 1 aromatic heterocycles. The maximum absolute atomic E-state index is 8.85. The Bertz CT molecular complexity index is 415. The first-order valence-electron chi connectivity index (χ1n) is 5.73. The predicted octanol–water partition coefficient (Wildman–Crippen LogP) is 1.72. The minimum absolute atomic E-state index is 0.102. The number of amidine groups is 1. The number of anilines is 1. The van der Waals surface area contributed by atoms with Crippen molar-refractivity contribution in [3.63, 3.8) is 0 Å². The van der Waals surface area contributed by atoms with Crippen LogP contribution in [-0.2, 0) is 0 Å². The zero-order valence-electron chi connectivity index (χ0n) is 10.8. The second kappa shape index (κ2) is 5.52. The van der Waals surface area contributed by atoms with Gasteiger partial charge in [0.1, 0.15) is 5.82 Å². The lowest BCUT2D eigenvalue weighted by Crippen LogP contribution is -2.34. The molecular weight excluding hydrogens is 216 g/mol. The molecule has 0 aliphatic heterocycles. The monoisotopic (exact) mass is 236 g/mol. The van der Waals surface area contributed by atoms with Gasteiger partial charge >= 0.3 is 0 Å². The molecule has 0 aliphatic carbocycles. The molecule has 0 atom stereocenters. The average Bonchev–Trinajstić information content (AvgIpc) is 2.29. The van der Waals surface area contributed by atoms with E-state index in [1.165, 1.54) is 0 Å². The third-order valence-corrected chi connectivity index (χ3v) is 2.74. The Morgan fingerprint density at radius 1 is 1.59 bits per heavy atom. The SMILES string of the molecule is CCN(c1nccc(C)c1/C(N)=N/O)C(C)C. The number of hydrogen-bond acceptors (Lipinski definition) is 4. The highest BCUT2D eigenvalue weighted by molar-refractivity contribution is 6.02. The molecule has 0 saturated heterocycles. The van der Waals surface area contributed by atoms with Gasteiger partial charge in [-0.15, -0.1) is 0 Å². The molecule has 5 nitrogen and oxygen atoms in total. The number of nitrogens with two attached hydrogens (primary N) is 1. The minimum atomic E-state index is 0.102. The van der Waals surface area contributed by atoms with Crippen LogP contribution in [0, 0.1) is 6.92 Å². The molecule has 1 heterocycles. The van der Waals surface area contributed by atoms with Crippen LogP contribution in [0.4, 0.5) is 5.82 Å². The van der Waals surface area contributed by atoms with Crippen LogP contribution in [0.3, 0.4) is 0 Å². The first kappa shape index (κ1) is 13.3. The quantitative estimate of drug-likeness (QED) is 0.361. The van der Waals surface area contributed by atoms with Crippen molar-refractivity contribution in [3.05, 3.63) is 23.4 Å². The van der Waals surface area contributed by atoms with Crippen molar-refractivity contribution in [1.82, 2.24) is 4.98 Å². The third kappa shape index (κ3) is 2.67. The molecule has 0 bridgehead atoms. The summed E-state index contributed by atoms with van der Waals surface area (Å²) in [6.45, 7) is 8.97. The van der Waals surface area contributed by atoms with Crippen molar-refractivity contribution in [2.45, 2.75) is 33.7 Å². The van der Waals surface area contributed by atoms with Gasteiger partial charge in [0.05, 0.1) is 5.56 Å². The Balaban J connectivity index is 3.37. The van der Waals surface area contributed by atoms with Crippen molar-refractivity contribution < 1.29 is 5.21 Å². The van der Waals surface area contributed by atoms with Crippen LogP contribution < -0.4 is 10.6 Å². The van der Waals surface area contributed by atoms with Crippen LogP contribution in [0.5, 0.6) is 0 Å². The number of aromatic nitrogens is 1. The highest BCUT2D eigenvalue weighted by Gasteiger charge is 2.18. The molecular formula is C12H20N4O. The summed E-state index contributed by atoms with van der Waals surface area (Å²) in [5.74, 6) is 0.863. The number of nitrogens with zero attached hydrogens (tertiary/aromatic N) is 3. The summed E-state index contributed by atoms with van der Waals surface area (Å²) in [7, 11) is 0.